The molecule has 0 radical (unpaired) electrons. The molecule has 23 heavy (non-hydrogen) atoms. The monoisotopic (exact) mass is 353 g/mol. The fourth-order valence-corrected chi connectivity index (χ4v) is 2.83. The smallest absolute Gasteiger partial charge is 0.226 e. The standard InChI is InChI=1S/C14H13ClFN5OS/c1-8-17-11-12(20-23(2)22)18-14(15)19-13(11)21(8)7-9-3-5-10(16)6-4-9/h3-6H,7H2,1-2H3,(H,18,19,20). The van der Waals surface area contributed by atoms with Crippen LogP contribution in [0.25, 0.3) is 11.2 Å². The number of hydrogen-bond donors (Lipinski definition) is 1. The Bertz CT molecular complexity index is 852. The SMILES string of the molecule is Cc1nc2c(N[S+](C)[O-])nc(Cl)nc2n1Cc1ccc(F)cc1. The average Bonchev–Trinajstić information content (AvgIpc) is 2.78. The third-order valence-corrected chi connectivity index (χ3v) is 3.90. The summed E-state index contributed by atoms with van der Waals surface area (Å²) in [5, 5.41) is 0.0331. The van der Waals surface area contributed by atoms with E-state index in [9.17, 15) is 8.94 Å². The van der Waals surface area contributed by atoms with Crippen molar-refractivity contribution in [2.24, 2.45) is 0 Å². The summed E-state index contributed by atoms with van der Waals surface area (Å²) in [5.41, 5.74) is 1.92. The molecule has 1 aromatic carbocycles. The third kappa shape index (κ3) is 3.39. The predicted molar refractivity (Wildman–Crippen MR) is 88.3 cm³/mol. The van der Waals surface area contributed by atoms with Gasteiger partial charge in [-0.25, -0.2) is 9.37 Å². The number of imidazole rings is 1. The van der Waals surface area contributed by atoms with Gasteiger partial charge in [-0.3, -0.25) is 0 Å². The van der Waals surface area contributed by atoms with Gasteiger partial charge in [-0.15, -0.1) is 0 Å². The minimum Gasteiger partial charge on any atom is -0.593 e. The van der Waals surface area contributed by atoms with Crippen LogP contribution in [0.3, 0.4) is 0 Å². The highest BCUT2D eigenvalue weighted by atomic mass is 35.5. The molecule has 1 atom stereocenters. The Kier molecular flexibility index (Phi) is 4.38. The number of nitrogens with zero attached hydrogens (tertiary/aromatic N) is 4. The normalized spacial score (nSPS) is 12.6. The van der Waals surface area contributed by atoms with Crippen molar-refractivity contribution in [1.29, 1.82) is 0 Å². The highest BCUT2D eigenvalue weighted by Gasteiger charge is 2.17. The second-order valence-electron chi connectivity index (χ2n) is 4.94. The van der Waals surface area contributed by atoms with Crippen LogP contribution in [0.2, 0.25) is 5.28 Å². The fourth-order valence-electron chi connectivity index (χ4n) is 2.25. The van der Waals surface area contributed by atoms with Crippen molar-refractivity contribution in [2.75, 3.05) is 11.0 Å². The summed E-state index contributed by atoms with van der Waals surface area (Å²) in [7, 11) is 0. The van der Waals surface area contributed by atoms with E-state index >= 15 is 0 Å². The van der Waals surface area contributed by atoms with Crippen molar-refractivity contribution >= 4 is 39.9 Å². The lowest BCUT2D eigenvalue weighted by molar-refractivity contribution is 0.605. The quantitative estimate of drug-likeness (QED) is 0.576. The molecule has 0 saturated carbocycles. The zero-order chi connectivity index (χ0) is 16.6. The number of aryl methyl sites for hydroxylation is 1. The fraction of sp³-hybridized carbons (Fsp3) is 0.214. The summed E-state index contributed by atoms with van der Waals surface area (Å²) in [6, 6.07) is 6.20. The van der Waals surface area contributed by atoms with Crippen molar-refractivity contribution in [3.05, 3.63) is 46.8 Å². The van der Waals surface area contributed by atoms with E-state index in [2.05, 4.69) is 19.7 Å². The first kappa shape index (κ1) is 16.0. The molecule has 0 aliphatic rings. The number of fused-ring (bicyclic) bond motifs is 1. The maximum atomic E-state index is 13.0. The average molecular weight is 354 g/mol. The van der Waals surface area contributed by atoms with Gasteiger partial charge in [0.05, 0.1) is 17.9 Å². The minimum atomic E-state index is -1.31. The number of nitrogens with one attached hydrogen (secondary N) is 1. The molecule has 0 aliphatic heterocycles. The molecule has 0 fully saturated rings. The van der Waals surface area contributed by atoms with Crippen molar-refractivity contribution in [3.63, 3.8) is 0 Å². The molecule has 0 saturated heterocycles. The molecular weight excluding hydrogens is 341 g/mol. The zero-order valence-electron chi connectivity index (χ0n) is 12.4. The van der Waals surface area contributed by atoms with E-state index in [-0.39, 0.29) is 11.1 Å². The van der Waals surface area contributed by atoms with Gasteiger partial charge in [-0.1, -0.05) is 12.1 Å². The Balaban J connectivity index is 2.08. The second kappa shape index (κ2) is 6.31. The van der Waals surface area contributed by atoms with E-state index in [4.69, 9.17) is 11.6 Å². The lowest BCUT2D eigenvalue weighted by atomic mass is 10.2. The first-order chi connectivity index (χ1) is 10.9. The molecule has 3 rings (SSSR count). The Labute approximate surface area is 140 Å². The molecule has 2 aromatic heterocycles. The van der Waals surface area contributed by atoms with Gasteiger partial charge in [0.2, 0.25) is 11.1 Å². The molecule has 1 unspecified atom stereocenters. The van der Waals surface area contributed by atoms with E-state index in [1.807, 2.05) is 11.5 Å². The predicted octanol–water partition coefficient (Wildman–Crippen LogP) is 2.68. The summed E-state index contributed by atoms with van der Waals surface area (Å²) in [6.45, 7) is 2.29. The van der Waals surface area contributed by atoms with E-state index < -0.39 is 11.4 Å². The van der Waals surface area contributed by atoms with Crippen LogP contribution in [0.5, 0.6) is 0 Å². The van der Waals surface area contributed by atoms with Crippen LogP contribution in [0.15, 0.2) is 24.3 Å². The van der Waals surface area contributed by atoms with Gasteiger partial charge in [-0.05, 0) is 36.2 Å². The third-order valence-electron chi connectivity index (χ3n) is 3.25. The largest absolute Gasteiger partial charge is 0.593 e. The van der Waals surface area contributed by atoms with Gasteiger partial charge in [0.25, 0.3) is 0 Å². The molecule has 3 aromatic rings. The molecule has 1 N–H and O–H groups in total. The van der Waals surface area contributed by atoms with Crippen LogP contribution < -0.4 is 4.72 Å². The molecule has 0 spiro atoms. The van der Waals surface area contributed by atoms with Gasteiger partial charge >= 0.3 is 0 Å². The van der Waals surface area contributed by atoms with Gasteiger partial charge in [0.15, 0.2) is 11.2 Å². The molecule has 2 heterocycles. The summed E-state index contributed by atoms with van der Waals surface area (Å²) >= 11 is 4.65. The van der Waals surface area contributed by atoms with Crippen molar-refractivity contribution in [1.82, 2.24) is 19.5 Å². The van der Waals surface area contributed by atoms with Gasteiger partial charge in [-0.2, -0.15) is 14.7 Å². The number of rotatable bonds is 4. The minimum absolute atomic E-state index is 0.0331. The van der Waals surface area contributed by atoms with Crippen molar-refractivity contribution in [3.8, 4) is 0 Å². The number of hydrogen-bond acceptors (Lipinski definition) is 5. The Morgan fingerprint density at radius 3 is 2.61 bits per heavy atom. The maximum Gasteiger partial charge on any atom is 0.226 e. The van der Waals surface area contributed by atoms with Crippen molar-refractivity contribution in [2.45, 2.75) is 13.5 Å². The molecule has 0 amide bonds. The second-order valence-corrected chi connectivity index (χ2v) is 6.39. The first-order valence-electron chi connectivity index (χ1n) is 6.69. The van der Waals surface area contributed by atoms with Gasteiger partial charge < -0.3 is 9.12 Å². The summed E-state index contributed by atoms with van der Waals surface area (Å²) < 4.78 is 29.0. The zero-order valence-corrected chi connectivity index (χ0v) is 14.0. The van der Waals surface area contributed by atoms with Crippen LogP contribution >= 0.6 is 11.6 Å². The number of benzene rings is 1. The van der Waals surface area contributed by atoms with E-state index in [0.29, 0.717) is 29.4 Å². The molecule has 0 bridgehead atoms. The Morgan fingerprint density at radius 1 is 1.26 bits per heavy atom. The summed E-state index contributed by atoms with van der Waals surface area (Å²) in [6.07, 6.45) is 1.49. The lowest BCUT2D eigenvalue weighted by Gasteiger charge is -2.08. The number of halogens is 2. The van der Waals surface area contributed by atoms with Crippen LogP contribution in [0.4, 0.5) is 10.2 Å². The van der Waals surface area contributed by atoms with Gasteiger partial charge in [0, 0.05) is 0 Å². The van der Waals surface area contributed by atoms with Crippen LogP contribution in [-0.2, 0) is 17.9 Å². The van der Waals surface area contributed by atoms with Crippen LogP contribution in [-0.4, -0.2) is 30.3 Å². The topological polar surface area (TPSA) is 78.7 Å². The van der Waals surface area contributed by atoms with Crippen molar-refractivity contribution < 1.29 is 8.94 Å². The highest BCUT2D eigenvalue weighted by molar-refractivity contribution is 7.92. The Morgan fingerprint density at radius 2 is 1.96 bits per heavy atom. The van der Waals surface area contributed by atoms with E-state index in [0.717, 1.165) is 5.56 Å². The molecular formula is C14H13ClFN5OS. The molecule has 6 nitrogen and oxygen atoms in total. The lowest BCUT2D eigenvalue weighted by Crippen LogP contribution is -2.12. The highest BCUT2D eigenvalue weighted by Crippen LogP contribution is 2.24. The van der Waals surface area contributed by atoms with E-state index in [1.165, 1.54) is 18.4 Å². The number of anilines is 1. The summed E-state index contributed by atoms with van der Waals surface area (Å²) in [5.74, 6) is 0.732. The van der Waals surface area contributed by atoms with Crippen LogP contribution in [0, 0.1) is 12.7 Å². The number of aromatic nitrogens is 4. The molecule has 0 aliphatic carbocycles. The summed E-state index contributed by atoms with van der Waals surface area (Å²) in [4.78, 5) is 12.7. The molecule has 9 heteroatoms. The van der Waals surface area contributed by atoms with Gasteiger partial charge in [0.1, 0.15) is 17.9 Å². The Hall–Kier alpha value is -1.90. The molecule has 120 valence electrons. The van der Waals surface area contributed by atoms with E-state index in [1.54, 1.807) is 12.1 Å². The first-order valence-corrected chi connectivity index (χ1v) is 8.62. The van der Waals surface area contributed by atoms with Crippen LogP contribution in [0.1, 0.15) is 11.4 Å². The maximum absolute atomic E-state index is 13.0.